The van der Waals surface area contributed by atoms with E-state index < -0.39 is 17.6 Å². The molecule has 1 aromatic heterocycles. The number of alkyl halides is 3. The van der Waals surface area contributed by atoms with Gasteiger partial charge in [-0.05, 0) is 40.2 Å². The van der Waals surface area contributed by atoms with Gasteiger partial charge in [-0.25, -0.2) is 4.98 Å². The van der Waals surface area contributed by atoms with E-state index in [9.17, 15) is 18.0 Å². The van der Waals surface area contributed by atoms with Crippen molar-refractivity contribution >= 4 is 27.5 Å². The Hall–Kier alpha value is -2.09. The molecule has 0 aliphatic carbocycles. The lowest BCUT2D eigenvalue weighted by Gasteiger charge is -2.14. The van der Waals surface area contributed by atoms with Crippen molar-refractivity contribution in [3.63, 3.8) is 0 Å². The maximum absolute atomic E-state index is 12.8. The third-order valence-electron chi connectivity index (χ3n) is 2.82. The molecule has 0 aliphatic heterocycles. The van der Waals surface area contributed by atoms with E-state index >= 15 is 0 Å². The Balaban J connectivity index is 2.76. The fraction of sp³-hybridized carbons (Fsp3) is 0.0769. The van der Waals surface area contributed by atoms with Gasteiger partial charge in [0.05, 0.1) is 11.1 Å². The summed E-state index contributed by atoms with van der Waals surface area (Å²) in [5.74, 6) is -0.787. The minimum absolute atomic E-state index is 0.0305. The number of anilines is 1. The van der Waals surface area contributed by atoms with Crippen LogP contribution in [-0.4, -0.2) is 10.9 Å². The number of aromatic nitrogens is 1. The number of hydrogen-bond donors (Lipinski definition) is 2. The highest BCUT2D eigenvalue weighted by Gasteiger charge is 2.31. The Morgan fingerprint density at radius 3 is 2.48 bits per heavy atom. The second-order valence-corrected chi connectivity index (χ2v) is 4.94. The van der Waals surface area contributed by atoms with Gasteiger partial charge in [0.2, 0.25) is 5.91 Å². The van der Waals surface area contributed by atoms with Gasteiger partial charge in [0.1, 0.15) is 4.60 Å². The molecular formula is C13H9BrF3N3O. The maximum Gasteiger partial charge on any atom is 0.416 e. The number of carbonyl (C=O) groups excluding carboxylic acids is 1. The number of pyridine rings is 1. The largest absolute Gasteiger partial charge is 0.416 e. The molecule has 0 radical (unpaired) electrons. The van der Waals surface area contributed by atoms with Gasteiger partial charge in [-0.3, -0.25) is 4.79 Å². The predicted octanol–water partition coefficient (Wildman–Crippen LogP) is 3.21. The van der Waals surface area contributed by atoms with Crippen molar-refractivity contribution in [1.82, 2.24) is 4.98 Å². The maximum atomic E-state index is 12.8. The van der Waals surface area contributed by atoms with Crippen molar-refractivity contribution in [3.05, 3.63) is 46.2 Å². The highest BCUT2D eigenvalue weighted by molar-refractivity contribution is 9.10. The molecule has 1 heterocycles. The lowest BCUT2D eigenvalue weighted by Crippen LogP contribution is -2.14. The number of hydrogen-bond acceptors (Lipinski definition) is 3. The molecule has 0 unspecified atom stereocenters. The lowest BCUT2D eigenvalue weighted by atomic mass is 9.98. The van der Waals surface area contributed by atoms with Crippen LogP contribution in [0, 0.1) is 0 Å². The Labute approximate surface area is 126 Å². The SMILES string of the molecule is NC(=O)c1ccnc(Br)c1-c1cc(C(F)(F)F)ccc1N. The Morgan fingerprint density at radius 2 is 1.90 bits per heavy atom. The highest BCUT2D eigenvalue weighted by Crippen LogP contribution is 2.38. The van der Waals surface area contributed by atoms with Crippen LogP contribution in [0.25, 0.3) is 11.1 Å². The van der Waals surface area contributed by atoms with E-state index in [4.69, 9.17) is 11.5 Å². The molecular weight excluding hydrogens is 351 g/mol. The van der Waals surface area contributed by atoms with Crippen LogP contribution in [0.4, 0.5) is 18.9 Å². The van der Waals surface area contributed by atoms with E-state index in [1.807, 2.05) is 0 Å². The number of rotatable bonds is 2. The van der Waals surface area contributed by atoms with Crippen molar-refractivity contribution in [1.29, 1.82) is 0 Å². The first-order valence-corrected chi connectivity index (χ1v) is 6.42. The number of carbonyl (C=O) groups is 1. The van der Waals surface area contributed by atoms with E-state index in [2.05, 4.69) is 20.9 Å². The molecule has 8 heteroatoms. The highest BCUT2D eigenvalue weighted by atomic mass is 79.9. The van der Waals surface area contributed by atoms with Gasteiger partial charge in [-0.1, -0.05) is 0 Å². The van der Waals surface area contributed by atoms with Crippen molar-refractivity contribution < 1.29 is 18.0 Å². The molecule has 0 spiro atoms. The molecule has 0 bridgehead atoms. The zero-order valence-corrected chi connectivity index (χ0v) is 12.0. The molecule has 110 valence electrons. The number of benzene rings is 1. The third kappa shape index (κ3) is 2.99. The first-order chi connectivity index (χ1) is 9.71. The van der Waals surface area contributed by atoms with Crippen molar-refractivity contribution in [2.75, 3.05) is 5.73 Å². The molecule has 4 nitrogen and oxygen atoms in total. The fourth-order valence-corrected chi connectivity index (χ4v) is 2.39. The lowest BCUT2D eigenvalue weighted by molar-refractivity contribution is -0.137. The molecule has 0 saturated carbocycles. The zero-order valence-electron chi connectivity index (χ0n) is 10.4. The van der Waals surface area contributed by atoms with Crippen LogP contribution in [0.2, 0.25) is 0 Å². The van der Waals surface area contributed by atoms with Crippen LogP contribution in [0.3, 0.4) is 0 Å². The normalized spacial score (nSPS) is 11.4. The summed E-state index contributed by atoms with van der Waals surface area (Å²) in [7, 11) is 0. The summed E-state index contributed by atoms with van der Waals surface area (Å²) in [6.45, 7) is 0. The first kappa shape index (κ1) is 15.3. The van der Waals surface area contributed by atoms with Gasteiger partial charge in [0, 0.05) is 23.0 Å². The third-order valence-corrected chi connectivity index (χ3v) is 3.42. The van der Waals surface area contributed by atoms with Crippen LogP contribution < -0.4 is 11.5 Å². The molecule has 0 saturated heterocycles. The quantitative estimate of drug-likeness (QED) is 0.637. The van der Waals surface area contributed by atoms with Crippen LogP contribution in [0.5, 0.6) is 0 Å². The Bertz CT molecular complexity index is 716. The van der Waals surface area contributed by atoms with Gasteiger partial charge in [0.15, 0.2) is 0 Å². The monoisotopic (exact) mass is 359 g/mol. The van der Waals surface area contributed by atoms with E-state index in [-0.39, 0.29) is 27.0 Å². The van der Waals surface area contributed by atoms with Crippen LogP contribution >= 0.6 is 15.9 Å². The second kappa shape index (κ2) is 5.36. The number of nitrogens with two attached hydrogens (primary N) is 2. The summed E-state index contributed by atoms with van der Waals surface area (Å²) in [5.41, 5.74) is 10.4. The van der Waals surface area contributed by atoms with E-state index in [1.54, 1.807) is 0 Å². The Kier molecular flexibility index (Phi) is 3.91. The summed E-state index contributed by atoms with van der Waals surface area (Å²) >= 11 is 3.11. The average Bonchev–Trinajstić information content (AvgIpc) is 2.38. The minimum Gasteiger partial charge on any atom is -0.398 e. The van der Waals surface area contributed by atoms with Gasteiger partial charge >= 0.3 is 6.18 Å². The molecule has 1 aromatic carbocycles. The molecule has 2 aromatic rings. The van der Waals surface area contributed by atoms with E-state index in [1.165, 1.54) is 12.3 Å². The summed E-state index contributed by atoms with van der Waals surface area (Å²) < 4.78 is 38.6. The molecule has 21 heavy (non-hydrogen) atoms. The summed E-state index contributed by atoms with van der Waals surface area (Å²) in [6, 6.07) is 4.18. The van der Waals surface area contributed by atoms with Crippen LogP contribution in [0.1, 0.15) is 15.9 Å². The first-order valence-electron chi connectivity index (χ1n) is 5.63. The van der Waals surface area contributed by atoms with Gasteiger partial charge in [-0.15, -0.1) is 0 Å². The Morgan fingerprint density at radius 1 is 1.24 bits per heavy atom. The summed E-state index contributed by atoms with van der Waals surface area (Å²) in [6.07, 6.45) is -3.21. The fourth-order valence-electron chi connectivity index (χ4n) is 1.85. The molecule has 4 N–H and O–H groups in total. The smallest absolute Gasteiger partial charge is 0.398 e. The van der Waals surface area contributed by atoms with Gasteiger partial charge < -0.3 is 11.5 Å². The standard InChI is InChI=1S/C13H9BrF3N3O/c14-11-10(7(12(19)21)3-4-20-11)8-5-6(13(15,16)17)1-2-9(8)18/h1-5H,18H2,(H2,19,21). The van der Waals surface area contributed by atoms with E-state index in [0.717, 1.165) is 18.2 Å². The van der Waals surface area contributed by atoms with Crippen molar-refractivity contribution in [3.8, 4) is 11.1 Å². The minimum atomic E-state index is -4.52. The number of halogens is 4. The predicted molar refractivity (Wildman–Crippen MR) is 75.3 cm³/mol. The zero-order chi connectivity index (χ0) is 15.8. The number of primary amides is 1. The van der Waals surface area contributed by atoms with Crippen LogP contribution in [-0.2, 0) is 6.18 Å². The topological polar surface area (TPSA) is 82.0 Å². The number of nitrogen functional groups attached to an aromatic ring is 1. The molecule has 0 fully saturated rings. The van der Waals surface area contributed by atoms with Crippen molar-refractivity contribution in [2.45, 2.75) is 6.18 Å². The molecule has 2 rings (SSSR count). The van der Waals surface area contributed by atoms with Crippen molar-refractivity contribution in [2.24, 2.45) is 5.73 Å². The van der Waals surface area contributed by atoms with E-state index in [0.29, 0.717) is 0 Å². The van der Waals surface area contributed by atoms with Crippen LogP contribution in [0.15, 0.2) is 35.1 Å². The summed E-state index contributed by atoms with van der Waals surface area (Å²) in [4.78, 5) is 15.4. The second-order valence-electron chi connectivity index (χ2n) is 4.19. The number of nitrogens with zero attached hydrogens (tertiary/aromatic N) is 1. The molecule has 0 atom stereocenters. The number of amides is 1. The average molecular weight is 360 g/mol. The molecule has 0 aliphatic rings. The van der Waals surface area contributed by atoms with Gasteiger partial charge in [-0.2, -0.15) is 13.2 Å². The summed E-state index contributed by atoms with van der Waals surface area (Å²) in [5, 5.41) is 0. The van der Waals surface area contributed by atoms with Gasteiger partial charge in [0.25, 0.3) is 0 Å². The molecule has 1 amide bonds.